The molecule has 0 aliphatic carbocycles. The van der Waals surface area contributed by atoms with E-state index in [1.165, 1.54) is 17.0 Å². The molecule has 1 N–H and O–H groups in total. The number of anilines is 2. The predicted molar refractivity (Wildman–Crippen MR) is 91.8 cm³/mol. The molecule has 3 heterocycles. The van der Waals surface area contributed by atoms with E-state index in [1.807, 2.05) is 0 Å². The maximum Gasteiger partial charge on any atom is 0.274 e. The second kappa shape index (κ2) is 7.18. The Morgan fingerprint density at radius 1 is 1.24 bits per heavy atom. The molecule has 0 bridgehead atoms. The molecule has 0 aromatic carbocycles. The first-order valence-corrected chi connectivity index (χ1v) is 8.28. The fraction of sp³-hybridized carbons (Fsp3) is 0.375. The molecule has 25 heavy (non-hydrogen) atoms. The summed E-state index contributed by atoms with van der Waals surface area (Å²) in [6.07, 6.45) is 4.65. The first-order valence-electron chi connectivity index (χ1n) is 7.90. The molecule has 2 aromatic heterocycles. The Bertz CT molecular complexity index is 870. The van der Waals surface area contributed by atoms with Gasteiger partial charge in [-0.25, -0.2) is 14.4 Å². The van der Waals surface area contributed by atoms with Gasteiger partial charge in [0.1, 0.15) is 17.7 Å². The summed E-state index contributed by atoms with van der Waals surface area (Å²) >= 11 is 6.29. The molecule has 1 amide bonds. The lowest BCUT2D eigenvalue weighted by Gasteiger charge is -2.20. The van der Waals surface area contributed by atoms with E-state index in [0.717, 1.165) is 25.5 Å². The summed E-state index contributed by atoms with van der Waals surface area (Å²) < 4.78 is 15.1. The summed E-state index contributed by atoms with van der Waals surface area (Å²) in [7, 11) is 1.68. The average Bonchev–Trinajstić information content (AvgIpc) is 2.65. The maximum absolute atomic E-state index is 13.7. The lowest BCUT2D eigenvalue weighted by molar-refractivity contribution is 0.0784. The van der Waals surface area contributed by atoms with Gasteiger partial charge in [-0.05, 0) is 25.3 Å². The van der Waals surface area contributed by atoms with E-state index in [4.69, 9.17) is 11.6 Å². The van der Waals surface area contributed by atoms with Crippen LogP contribution in [0.3, 0.4) is 0 Å². The van der Waals surface area contributed by atoms with Crippen molar-refractivity contribution in [2.75, 3.05) is 18.9 Å². The van der Waals surface area contributed by atoms with E-state index in [2.05, 4.69) is 15.3 Å². The van der Waals surface area contributed by atoms with Crippen molar-refractivity contribution in [3.63, 3.8) is 0 Å². The molecule has 0 unspecified atom stereocenters. The predicted octanol–water partition coefficient (Wildman–Crippen LogP) is 2.43. The Labute approximate surface area is 148 Å². The summed E-state index contributed by atoms with van der Waals surface area (Å²) in [6, 6.07) is 1.33. The highest BCUT2D eigenvalue weighted by Crippen LogP contribution is 2.23. The molecule has 0 fully saturated rings. The molecule has 0 radical (unpaired) electrons. The second-order valence-electron chi connectivity index (χ2n) is 5.84. The van der Waals surface area contributed by atoms with Gasteiger partial charge < -0.3 is 14.8 Å². The number of carbonyl (C=O) groups is 1. The number of halogens is 2. The molecule has 1 aliphatic rings. The van der Waals surface area contributed by atoms with Gasteiger partial charge in [-0.1, -0.05) is 11.6 Å². The molecule has 1 aliphatic heterocycles. The minimum atomic E-state index is -0.692. The van der Waals surface area contributed by atoms with Gasteiger partial charge in [-0.2, -0.15) is 0 Å². The molecule has 0 saturated carbocycles. The zero-order valence-corrected chi connectivity index (χ0v) is 14.4. The van der Waals surface area contributed by atoms with Crippen molar-refractivity contribution in [3.05, 3.63) is 45.5 Å². The highest BCUT2D eigenvalue weighted by Gasteiger charge is 2.24. The first kappa shape index (κ1) is 17.3. The SMILES string of the molecule is CN1CCCCCn2c(c(Cl)cc(Nc3ncncc3F)c2=O)C1=O. The Morgan fingerprint density at radius 3 is 2.76 bits per heavy atom. The summed E-state index contributed by atoms with van der Waals surface area (Å²) in [5.41, 5.74) is -0.230. The van der Waals surface area contributed by atoms with E-state index in [1.54, 1.807) is 11.9 Å². The van der Waals surface area contributed by atoms with E-state index in [0.29, 0.717) is 13.1 Å². The monoisotopic (exact) mass is 365 g/mol. The maximum atomic E-state index is 13.7. The van der Waals surface area contributed by atoms with Gasteiger partial charge in [0.15, 0.2) is 11.6 Å². The van der Waals surface area contributed by atoms with Crippen LogP contribution in [0.2, 0.25) is 5.02 Å². The zero-order valence-electron chi connectivity index (χ0n) is 13.6. The van der Waals surface area contributed by atoms with Crippen LogP contribution < -0.4 is 10.9 Å². The fourth-order valence-corrected chi connectivity index (χ4v) is 3.06. The van der Waals surface area contributed by atoms with Crippen LogP contribution in [0.5, 0.6) is 0 Å². The third kappa shape index (κ3) is 3.48. The van der Waals surface area contributed by atoms with E-state index in [9.17, 15) is 14.0 Å². The number of amides is 1. The topological polar surface area (TPSA) is 80.1 Å². The number of rotatable bonds is 2. The van der Waals surface area contributed by atoms with E-state index >= 15 is 0 Å². The number of nitrogens with one attached hydrogen (secondary N) is 1. The van der Waals surface area contributed by atoms with Gasteiger partial charge in [-0.3, -0.25) is 9.59 Å². The number of hydrogen-bond acceptors (Lipinski definition) is 5. The largest absolute Gasteiger partial charge is 0.340 e. The molecule has 0 saturated heterocycles. The van der Waals surface area contributed by atoms with Gasteiger partial charge >= 0.3 is 0 Å². The summed E-state index contributed by atoms with van der Waals surface area (Å²) in [4.78, 5) is 34.3. The Hall–Kier alpha value is -2.48. The van der Waals surface area contributed by atoms with Crippen molar-refractivity contribution < 1.29 is 9.18 Å². The van der Waals surface area contributed by atoms with Crippen LogP contribution in [-0.4, -0.2) is 38.9 Å². The minimum absolute atomic E-state index is 0.0565. The van der Waals surface area contributed by atoms with Gasteiger partial charge in [0.05, 0.1) is 11.2 Å². The van der Waals surface area contributed by atoms with Crippen molar-refractivity contribution in [2.45, 2.75) is 25.8 Å². The highest BCUT2D eigenvalue weighted by atomic mass is 35.5. The minimum Gasteiger partial charge on any atom is -0.340 e. The van der Waals surface area contributed by atoms with E-state index < -0.39 is 11.4 Å². The number of hydrogen-bond donors (Lipinski definition) is 1. The molecule has 9 heteroatoms. The average molecular weight is 366 g/mol. The van der Waals surface area contributed by atoms with Crippen LogP contribution in [0.25, 0.3) is 0 Å². The standard InChI is InChI=1S/C16H17ClFN5O2/c1-22-5-3-2-4-6-23-13(16(22)25)10(17)7-12(15(23)24)21-14-11(18)8-19-9-20-14/h7-9H,2-6H2,1H3,(H,19,20,21). The Morgan fingerprint density at radius 2 is 2.00 bits per heavy atom. The van der Waals surface area contributed by atoms with Crippen LogP contribution >= 0.6 is 11.6 Å². The smallest absolute Gasteiger partial charge is 0.274 e. The highest BCUT2D eigenvalue weighted by molar-refractivity contribution is 6.33. The van der Waals surface area contributed by atoms with Gasteiger partial charge in [0.25, 0.3) is 11.5 Å². The molecular formula is C16H17ClFN5O2. The lowest BCUT2D eigenvalue weighted by Crippen LogP contribution is -2.34. The van der Waals surface area contributed by atoms with Gasteiger partial charge in [-0.15, -0.1) is 0 Å². The van der Waals surface area contributed by atoms with Crippen molar-refractivity contribution in [2.24, 2.45) is 0 Å². The molecule has 7 nitrogen and oxygen atoms in total. The summed E-state index contributed by atoms with van der Waals surface area (Å²) in [5.74, 6) is -1.12. The second-order valence-corrected chi connectivity index (χ2v) is 6.25. The van der Waals surface area contributed by atoms with Gasteiger partial charge in [0, 0.05) is 20.1 Å². The lowest BCUT2D eigenvalue weighted by atomic mass is 10.2. The van der Waals surface area contributed by atoms with Crippen molar-refractivity contribution in [1.82, 2.24) is 19.4 Å². The number of aromatic nitrogens is 3. The molecular weight excluding hydrogens is 349 g/mol. The van der Waals surface area contributed by atoms with Gasteiger partial charge in [0.2, 0.25) is 0 Å². The molecule has 132 valence electrons. The van der Waals surface area contributed by atoms with E-state index in [-0.39, 0.29) is 28.1 Å². The van der Waals surface area contributed by atoms with Crippen LogP contribution in [0.1, 0.15) is 29.8 Å². The number of pyridine rings is 1. The fourth-order valence-electron chi connectivity index (χ4n) is 2.76. The molecule has 3 rings (SSSR count). The Balaban J connectivity index is 2.09. The summed E-state index contributed by atoms with van der Waals surface area (Å²) in [5, 5.41) is 2.77. The van der Waals surface area contributed by atoms with Crippen LogP contribution in [0.4, 0.5) is 15.9 Å². The Kier molecular flexibility index (Phi) is 4.98. The van der Waals surface area contributed by atoms with Crippen molar-refractivity contribution >= 4 is 29.0 Å². The third-order valence-corrected chi connectivity index (χ3v) is 4.38. The number of nitrogens with zero attached hydrogens (tertiary/aromatic N) is 4. The van der Waals surface area contributed by atoms with Crippen LogP contribution in [0, 0.1) is 5.82 Å². The van der Waals surface area contributed by atoms with Crippen LogP contribution in [0.15, 0.2) is 23.4 Å². The van der Waals surface area contributed by atoms with Crippen LogP contribution in [-0.2, 0) is 6.54 Å². The first-order chi connectivity index (χ1) is 12.0. The van der Waals surface area contributed by atoms with Crippen molar-refractivity contribution in [3.8, 4) is 0 Å². The quantitative estimate of drug-likeness (QED) is 0.884. The number of fused-ring (bicyclic) bond motifs is 1. The molecule has 0 spiro atoms. The summed E-state index contributed by atoms with van der Waals surface area (Å²) in [6.45, 7) is 0.977. The third-order valence-electron chi connectivity index (χ3n) is 4.09. The number of carbonyl (C=O) groups excluding carboxylic acids is 1. The molecule has 0 atom stereocenters. The molecule has 2 aromatic rings. The normalized spacial score (nSPS) is 15.2. The van der Waals surface area contributed by atoms with Crippen molar-refractivity contribution in [1.29, 1.82) is 0 Å². The zero-order chi connectivity index (χ0) is 18.0.